The average Bonchev–Trinajstić information content (AvgIpc) is 2.40. The molecule has 0 radical (unpaired) electrons. The van der Waals surface area contributed by atoms with E-state index in [-0.39, 0.29) is 0 Å². The fourth-order valence-corrected chi connectivity index (χ4v) is 2.25. The molecule has 0 atom stereocenters. The van der Waals surface area contributed by atoms with Gasteiger partial charge >= 0.3 is 5.97 Å². The number of nitrogens with zero attached hydrogens (tertiary/aromatic N) is 1. The van der Waals surface area contributed by atoms with E-state index in [2.05, 4.69) is 10.3 Å². The Morgan fingerprint density at radius 1 is 1.47 bits per heavy atom. The van der Waals surface area contributed by atoms with Gasteiger partial charge in [0.1, 0.15) is 5.82 Å². The summed E-state index contributed by atoms with van der Waals surface area (Å²) in [4.78, 5) is 15.6. The minimum atomic E-state index is -0.909. The van der Waals surface area contributed by atoms with Gasteiger partial charge in [-0.25, -0.2) is 9.78 Å². The Morgan fingerprint density at radius 2 is 2.21 bits per heavy atom. The van der Waals surface area contributed by atoms with Crippen molar-refractivity contribution in [3.8, 4) is 0 Å². The lowest BCUT2D eigenvalue weighted by molar-refractivity contribution is 0.0695. The van der Waals surface area contributed by atoms with Crippen LogP contribution in [-0.4, -0.2) is 35.3 Å². The fourth-order valence-electron chi connectivity index (χ4n) is 2.25. The van der Waals surface area contributed by atoms with Crippen molar-refractivity contribution in [1.82, 2.24) is 4.98 Å². The van der Waals surface area contributed by atoms with Gasteiger partial charge in [0.2, 0.25) is 0 Å². The van der Waals surface area contributed by atoms with Crippen molar-refractivity contribution >= 4 is 11.8 Å². The molecule has 1 saturated heterocycles. The van der Waals surface area contributed by atoms with E-state index in [1.807, 2.05) is 6.92 Å². The molecule has 5 heteroatoms. The number of carboxylic acid groups (broad SMARTS) is 1. The lowest BCUT2D eigenvalue weighted by Gasteiger charge is -2.24. The first-order valence-corrected chi connectivity index (χ1v) is 6.78. The van der Waals surface area contributed by atoms with Crippen LogP contribution in [0.2, 0.25) is 0 Å². The van der Waals surface area contributed by atoms with Crippen LogP contribution < -0.4 is 5.32 Å². The first-order chi connectivity index (χ1) is 9.20. The number of aromatic nitrogens is 1. The number of aromatic carboxylic acids is 1. The van der Waals surface area contributed by atoms with E-state index >= 15 is 0 Å². The Balaban J connectivity index is 2.12. The predicted molar refractivity (Wildman–Crippen MR) is 72.7 cm³/mol. The first kappa shape index (κ1) is 13.8. The summed E-state index contributed by atoms with van der Waals surface area (Å²) < 4.78 is 5.31. The van der Waals surface area contributed by atoms with Crippen molar-refractivity contribution in [2.45, 2.75) is 38.6 Å². The molecule has 2 heterocycles. The number of carboxylic acids is 1. The van der Waals surface area contributed by atoms with E-state index in [0.29, 0.717) is 23.7 Å². The second-order valence-corrected chi connectivity index (χ2v) is 4.78. The second kappa shape index (κ2) is 6.52. The normalized spacial score (nSPS) is 16.3. The van der Waals surface area contributed by atoms with Crippen LogP contribution in [0.4, 0.5) is 5.82 Å². The smallest absolute Gasteiger partial charge is 0.337 e. The van der Waals surface area contributed by atoms with Crippen molar-refractivity contribution in [3.63, 3.8) is 0 Å². The highest BCUT2D eigenvalue weighted by Gasteiger charge is 2.16. The zero-order valence-electron chi connectivity index (χ0n) is 11.2. The summed E-state index contributed by atoms with van der Waals surface area (Å²) in [5.41, 5.74) is 0.964. The third kappa shape index (κ3) is 3.67. The summed E-state index contributed by atoms with van der Waals surface area (Å²) in [6.45, 7) is 3.56. The van der Waals surface area contributed by atoms with Gasteiger partial charge in [-0.3, -0.25) is 0 Å². The number of hydrogen-bond acceptors (Lipinski definition) is 4. The van der Waals surface area contributed by atoms with E-state index in [1.54, 1.807) is 12.1 Å². The SMILES string of the molecule is CCCc1nc(NC2CCOCC2)ccc1C(=O)O. The molecule has 0 spiro atoms. The number of nitrogens with one attached hydrogen (secondary N) is 1. The lowest BCUT2D eigenvalue weighted by Crippen LogP contribution is -2.28. The minimum Gasteiger partial charge on any atom is -0.478 e. The molecule has 0 aliphatic carbocycles. The highest BCUT2D eigenvalue weighted by atomic mass is 16.5. The van der Waals surface area contributed by atoms with Crippen molar-refractivity contribution < 1.29 is 14.6 Å². The average molecular weight is 264 g/mol. The number of aryl methyl sites for hydroxylation is 1. The topological polar surface area (TPSA) is 71.5 Å². The molecule has 19 heavy (non-hydrogen) atoms. The van der Waals surface area contributed by atoms with E-state index in [0.717, 1.165) is 38.3 Å². The summed E-state index contributed by atoms with van der Waals surface area (Å²) >= 11 is 0. The first-order valence-electron chi connectivity index (χ1n) is 6.78. The zero-order chi connectivity index (χ0) is 13.7. The number of pyridine rings is 1. The molecule has 2 rings (SSSR count). The lowest BCUT2D eigenvalue weighted by atomic mass is 10.1. The maximum atomic E-state index is 11.1. The van der Waals surface area contributed by atoms with Gasteiger partial charge in [-0.05, 0) is 31.4 Å². The van der Waals surface area contributed by atoms with Crippen LogP contribution in [-0.2, 0) is 11.2 Å². The maximum absolute atomic E-state index is 11.1. The molecule has 104 valence electrons. The van der Waals surface area contributed by atoms with Crippen molar-refractivity contribution in [1.29, 1.82) is 0 Å². The molecule has 1 aliphatic rings. The van der Waals surface area contributed by atoms with Crippen LogP contribution in [0.3, 0.4) is 0 Å². The van der Waals surface area contributed by atoms with E-state index < -0.39 is 5.97 Å². The van der Waals surface area contributed by atoms with Gasteiger partial charge in [0.15, 0.2) is 0 Å². The predicted octanol–water partition coefficient (Wildman–Crippen LogP) is 2.32. The molecular formula is C14H20N2O3. The van der Waals surface area contributed by atoms with Gasteiger partial charge in [-0.2, -0.15) is 0 Å². The van der Waals surface area contributed by atoms with Crippen LogP contribution in [0.1, 0.15) is 42.2 Å². The van der Waals surface area contributed by atoms with Crippen LogP contribution in [0, 0.1) is 0 Å². The number of hydrogen-bond donors (Lipinski definition) is 2. The quantitative estimate of drug-likeness (QED) is 0.854. The molecule has 1 aromatic rings. The van der Waals surface area contributed by atoms with Crippen molar-refractivity contribution in [2.24, 2.45) is 0 Å². The molecule has 2 N–H and O–H groups in total. The Morgan fingerprint density at radius 3 is 2.84 bits per heavy atom. The fraction of sp³-hybridized carbons (Fsp3) is 0.571. The summed E-state index contributed by atoms with van der Waals surface area (Å²) in [6.07, 6.45) is 3.50. The maximum Gasteiger partial charge on any atom is 0.337 e. The van der Waals surface area contributed by atoms with Crippen molar-refractivity contribution in [3.05, 3.63) is 23.4 Å². The van der Waals surface area contributed by atoms with Gasteiger partial charge in [0.05, 0.1) is 11.3 Å². The molecule has 0 bridgehead atoms. The summed E-state index contributed by atoms with van der Waals surface area (Å²) in [5, 5.41) is 12.5. The Bertz CT molecular complexity index is 442. The highest BCUT2D eigenvalue weighted by Crippen LogP contribution is 2.17. The van der Waals surface area contributed by atoms with Crippen LogP contribution >= 0.6 is 0 Å². The minimum absolute atomic E-state index is 0.305. The largest absolute Gasteiger partial charge is 0.478 e. The Hall–Kier alpha value is -1.62. The van der Waals surface area contributed by atoms with Crippen LogP contribution in [0.15, 0.2) is 12.1 Å². The van der Waals surface area contributed by atoms with Gasteiger partial charge < -0.3 is 15.2 Å². The number of carbonyl (C=O) groups is 1. The molecule has 5 nitrogen and oxygen atoms in total. The summed E-state index contributed by atoms with van der Waals surface area (Å²) in [5.74, 6) is -0.145. The summed E-state index contributed by atoms with van der Waals surface area (Å²) in [6, 6.07) is 3.76. The molecule has 0 saturated carbocycles. The van der Waals surface area contributed by atoms with Crippen LogP contribution in [0.25, 0.3) is 0 Å². The Labute approximate surface area is 113 Å². The molecular weight excluding hydrogens is 244 g/mol. The van der Waals surface area contributed by atoms with Gasteiger partial charge in [0.25, 0.3) is 0 Å². The second-order valence-electron chi connectivity index (χ2n) is 4.78. The Kier molecular flexibility index (Phi) is 4.74. The molecule has 1 aliphatic heterocycles. The van der Waals surface area contributed by atoms with Gasteiger partial charge in [-0.15, -0.1) is 0 Å². The molecule has 1 aromatic heterocycles. The molecule has 1 fully saturated rings. The number of anilines is 1. The highest BCUT2D eigenvalue weighted by molar-refractivity contribution is 5.89. The molecule has 0 amide bonds. The van der Waals surface area contributed by atoms with Gasteiger partial charge in [-0.1, -0.05) is 13.3 Å². The number of ether oxygens (including phenoxy) is 1. The van der Waals surface area contributed by atoms with E-state index in [9.17, 15) is 4.79 Å². The zero-order valence-corrected chi connectivity index (χ0v) is 11.2. The van der Waals surface area contributed by atoms with E-state index in [1.165, 1.54) is 0 Å². The van der Waals surface area contributed by atoms with Gasteiger partial charge in [0, 0.05) is 19.3 Å². The third-order valence-electron chi connectivity index (χ3n) is 3.26. The van der Waals surface area contributed by atoms with Crippen LogP contribution in [0.5, 0.6) is 0 Å². The standard InChI is InChI=1S/C14H20N2O3/c1-2-3-12-11(14(17)18)4-5-13(16-12)15-10-6-8-19-9-7-10/h4-5,10H,2-3,6-9H2,1H3,(H,15,16)(H,17,18). The molecule has 0 aromatic carbocycles. The van der Waals surface area contributed by atoms with E-state index in [4.69, 9.17) is 9.84 Å². The third-order valence-corrected chi connectivity index (χ3v) is 3.26. The molecule has 0 unspecified atom stereocenters. The number of rotatable bonds is 5. The summed E-state index contributed by atoms with van der Waals surface area (Å²) in [7, 11) is 0. The monoisotopic (exact) mass is 264 g/mol. The van der Waals surface area contributed by atoms with Crippen molar-refractivity contribution in [2.75, 3.05) is 18.5 Å².